The number of aliphatic imine (C=N–C) groups is 1. The smallest absolute Gasteiger partial charge is 0.369 e. The first-order valence-electron chi connectivity index (χ1n) is 6.97. The largest absolute Gasteiger partial charge is 0.413 e. The van der Waals surface area contributed by atoms with Crippen LogP contribution in [0.25, 0.3) is 0 Å². The summed E-state index contributed by atoms with van der Waals surface area (Å²) in [5, 5.41) is 9.97. The van der Waals surface area contributed by atoms with Crippen molar-refractivity contribution in [3.05, 3.63) is 36.1 Å². The van der Waals surface area contributed by atoms with Gasteiger partial charge in [0.05, 0.1) is 11.5 Å². The Balaban J connectivity index is 4.72. The highest BCUT2D eigenvalue weighted by atomic mass is 19.4. The third kappa shape index (κ3) is 8.44. The molecule has 0 spiro atoms. The van der Waals surface area contributed by atoms with Crippen molar-refractivity contribution in [1.29, 1.82) is 5.41 Å². The van der Waals surface area contributed by atoms with Crippen molar-refractivity contribution in [2.45, 2.75) is 52.3 Å². The molecule has 0 aromatic rings. The maximum atomic E-state index is 12.6. The van der Waals surface area contributed by atoms with Gasteiger partial charge in [-0.3, -0.25) is 0 Å². The number of nitrogens with zero attached hydrogens (tertiary/aromatic N) is 1. The van der Waals surface area contributed by atoms with Crippen molar-refractivity contribution in [2.24, 2.45) is 4.99 Å². The number of allylic oxidation sites excluding steroid dienone is 4. The molecule has 0 aliphatic carbocycles. The van der Waals surface area contributed by atoms with Crippen molar-refractivity contribution >= 4 is 12.1 Å². The van der Waals surface area contributed by atoms with Gasteiger partial charge in [-0.25, -0.2) is 4.99 Å². The van der Waals surface area contributed by atoms with Crippen LogP contribution in [0.4, 0.5) is 13.2 Å². The van der Waals surface area contributed by atoms with Crippen LogP contribution in [0.5, 0.6) is 0 Å². The third-order valence-electron chi connectivity index (χ3n) is 3.01. The Morgan fingerprint density at radius 2 is 1.91 bits per heavy atom. The Kier molecular flexibility index (Phi) is 7.84. The zero-order valence-corrected chi connectivity index (χ0v) is 13.5. The van der Waals surface area contributed by atoms with Gasteiger partial charge in [-0.05, 0) is 45.8 Å². The van der Waals surface area contributed by atoms with E-state index in [1.807, 2.05) is 20.8 Å². The number of amidine groups is 1. The Bertz CT molecular complexity index is 483. The summed E-state index contributed by atoms with van der Waals surface area (Å²) in [6, 6.07) is 0. The molecule has 6 heteroatoms. The molecule has 0 bridgehead atoms. The number of nitrogens with one attached hydrogen (secondary N) is 2. The highest BCUT2D eigenvalue weighted by Crippen LogP contribution is 2.28. The molecule has 0 fully saturated rings. The molecular weight excluding hydrogens is 291 g/mol. The van der Waals surface area contributed by atoms with Gasteiger partial charge < -0.3 is 10.7 Å². The predicted molar refractivity (Wildman–Crippen MR) is 86.4 cm³/mol. The standard InChI is InChI=1S/C16H24F3N3/c1-6-15(4,5)22-13(3)21-12(2)8-7-9-14(10-11-20)16(17,18)19/h7-8,10-11,20H,2,6,9H2,1,3-5H3,(H,21,22)/b8-7+,14-10+,20-11?. The average molecular weight is 315 g/mol. The summed E-state index contributed by atoms with van der Waals surface area (Å²) in [6.07, 6.45) is 0.305. The summed E-state index contributed by atoms with van der Waals surface area (Å²) in [5.41, 5.74) is -0.515. The number of hydrogen-bond donors (Lipinski definition) is 2. The molecule has 0 saturated heterocycles. The highest BCUT2D eigenvalue weighted by Gasteiger charge is 2.31. The fourth-order valence-electron chi connectivity index (χ4n) is 1.56. The summed E-state index contributed by atoms with van der Waals surface area (Å²) in [5.74, 6) is 0.660. The zero-order chi connectivity index (χ0) is 17.4. The van der Waals surface area contributed by atoms with Gasteiger partial charge in [-0.15, -0.1) is 0 Å². The van der Waals surface area contributed by atoms with Gasteiger partial charge in [-0.1, -0.05) is 19.6 Å². The van der Waals surface area contributed by atoms with Gasteiger partial charge in [0, 0.05) is 17.3 Å². The molecule has 0 saturated carbocycles. The van der Waals surface area contributed by atoms with Gasteiger partial charge in [0.15, 0.2) is 0 Å². The first-order valence-corrected chi connectivity index (χ1v) is 6.97. The summed E-state index contributed by atoms with van der Waals surface area (Å²) < 4.78 is 37.8. The molecule has 22 heavy (non-hydrogen) atoms. The summed E-state index contributed by atoms with van der Waals surface area (Å²) >= 11 is 0. The van der Waals surface area contributed by atoms with Crippen LogP contribution in [0.15, 0.2) is 41.1 Å². The molecule has 0 rings (SSSR count). The Labute approximate surface area is 130 Å². The molecule has 0 amide bonds. The summed E-state index contributed by atoms with van der Waals surface area (Å²) in [4.78, 5) is 4.19. The summed E-state index contributed by atoms with van der Waals surface area (Å²) in [7, 11) is 0. The van der Waals surface area contributed by atoms with E-state index in [1.54, 1.807) is 6.92 Å². The molecule has 2 N–H and O–H groups in total. The van der Waals surface area contributed by atoms with Crippen LogP contribution in [-0.4, -0.2) is 23.8 Å². The van der Waals surface area contributed by atoms with Crippen LogP contribution in [0.1, 0.15) is 40.5 Å². The van der Waals surface area contributed by atoms with Gasteiger partial charge in [-0.2, -0.15) is 13.2 Å². The second-order valence-corrected chi connectivity index (χ2v) is 5.51. The van der Waals surface area contributed by atoms with Crippen molar-refractivity contribution in [2.75, 3.05) is 0 Å². The molecule has 124 valence electrons. The number of rotatable bonds is 7. The van der Waals surface area contributed by atoms with Crippen LogP contribution in [-0.2, 0) is 0 Å². The minimum Gasteiger partial charge on any atom is -0.369 e. The number of alkyl halides is 3. The molecule has 0 heterocycles. The maximum absolute atomic E-state index is 12.6. The lowest BCUT2D eigenvalue weighted by atomic mass is 10.0. The second-order valence-electron chi connectivity index (χ2n) is 5.51. The molecule has 0 aliphatic heterocycles. The van der Waals surface area contributed by atoms with Gasteiger partial charge >= 0.3 is 6.18 Å². The molecule has 0 aromatic heterocycles. The van der Waals surface area contributed by atoms with Crippen LogP contribution in [0.3, 0.4) is 0 Å². The average Bonchev–Trinajstić information content (AvgIpc) is 2.35. The van der Waals surface area contributed by atoms with E-state index in [-0.39, 0.29) is 12.0 Å². The lowest BCUT2D eigenvalue weighted by Crippen LogP contribution is -2.41. The maximum Gasteiger partial charge on any atom is 0.413 e. The Morgan fingerprint density at radius 1 is 1.32 bits per heavy atom. The van der Waals surface area contributed by atoms with Gasteiger partial charge in [0.1, 0.15) is 0 Å². The SMILES string of the molecule is C=C(/C=C/C/C(=C\C=N)C(F)(F)F)/N=C(\C)NC(C)(C)CC. The second kappa shape index (κ2) is 8.56. The molecule has 0 aliphatic rings. The summed E-state index contributed by atoms with van der Waals surface area (Å²) in [6.45, 7) is 11.6. The molecule has 0 atom stereocenters. The van der Waals surface area contributed by atoms with Crippen molar-refractivity contribution in [1.82, 2.24) is 5.32 Å². The molecule has 0 radical (unpaired) electrons. The zero-order valence-electron chi connectivity index (χ0n) is 13.5. The first-order chi connectivity index (χ1) is 10.0. The van der Waals surface area contributed by atoms with Gasteiger partial charge in [0.25, 0.3) is 0 Å². The van der Waals surface area contributed by atoms with E-state index in [9.17, 15) is 13.2 Å². The van der Waals surface area contributed by atoms with Crippen LogP contribution in [0.2, 0.25) is 0 Å². The third-order valence-corrected chi connectivity index (χ3v) is 3.01. The lowest BCUT2D eigenvalue weighted by molar-refractivity contribution is -0.0927. The van der Waals surface area contributed by atoms with E-state index in [2.05, 4.69) is 16.9 Å². The topological polar surface area (TPSA) is 48.2 Å². The van der Waals surface area contributed by atoms with E-state index < -0.39 is 11.7 Å². The van der Waals surface area contributed by atoms with E-state index in [4.69, 9.17) is 5.41 Å². The monoisotopic (exact) mass is 315 g/mol. The molecule has 0 unspecified atom stereocenters. The van der Waals surface area contributed by atoms with Crippen molar-refractivity contribution in [3.8, 4) is 0 Å². The highest BCUT2D eigenvalue weighted by molar-refractivity contribution is 5.81. The van der Waals surface area contributed by atoms with E-state index in [1.165, 1.54) is 12.2 Å². The van der Waals surface area contributed by atoms with Crippen LogP contribution < -0.4 is 5.32 Å². The minimum absolute atomic E-state index is 0.103. The van der Waals surface area contributed by atoms with Crippen LogP contribution >= 0.6 is 0 Å². The fraction of sp³-hybridized carbons (Fsp3) is 0.500. The fourth-order valence-corrected chi connectivity index (χ4v) is 1.56. The van der Waals surface area contributed by atoms with E-state index in [0.29, 0.717) is 17.7 Å². The van der Waals surface area contributed by atoms with Crippen LogP contribution in [0, 0.1) is 5.41 Å². The van der Waals surface area contributed by atoms with E-state index >= 15 is 0 Å². The molecule has 3 nitrogen and oxygen atoms in total. The predicted octanol–water partition coefficient (Wildman–Crippen LogP) is 4.78. The van der Waals surface area contributed by atoms with E-state index in [0.717, 1.165) is 12.5 Å². The Morgan fingerprint density at radius 3 is 2.36 bits per heavy atom. The normalized spacial score (nSPS) is 14.3. The lowest BCUT2D eigenvalue weighted by Gasteiger charge is -2.25. The quantitative estimate of drug-likeness (QED) is 0.396. The van der Waals surface area contributed by atoms with Gasteiger partial charge in [0.2, 0.25) is 0 Å². The molecular formula is C16H24F3N3. The minimum atomic E-state index is -4.44. The van der Waals surface area contributed by atoms with Crippen molar-refractivity contribution < 1.29 is 13.2 Å². The number of hydrogen-bond acceptors (Lipinski definition) is 2. The molecule has 0 aromatic carbocycles. The Hall–Kier alpha value is -1.85. The first kappa shape index (κ1) is 20.1. The van der Waals surface area contributed by atoms with Crippen molar-refractivity contribution in [3.63, 3.8) is 0 Å². The number of halogens is 3.